The first-order valence-electron chi connectivity index (χ1n) is 5.74. The number of anilines is 1. The maximum atomic E-state index is 12.0. The molecular weight excluding hydrogens is 204 g/mol. The average molecular weight is 222 g/mol. The van der Waals surface area contributed by atoms with E-state index in [4.69, 9.17) is 0 Å². The Morgan fingerprint density at radius 1 is 1.56 bits per heavy atom. The van der Waals surface area contributed by atoms with Crippen LogP contribution in [0.15, 0.2) is 12.3 Å². The number of likely N-dealkylation sites (tertiary alicyclic amines) is 1. The van der Waals surface area contributed by atoms with Crippen LogP contribution in [-0.4, -0.2) is 33.3 Å². The molecule has 1 fully saturated rings. The van der Waals surface area contributed by atoms with Crippen molar-refractivity contribution in [3.8, 4) is 0 Å². The summed E-state index contributed by atoms with van der Waals surface area (Å²) in [5.74, 6) is 0.739. The van der Waals surface area contributed by atoms with Crippen LogP contribution < -0.4 is 5.32 Å². The Morgan fingerprint density at radius 3 is 3.00 bits per heavy atom. The number of piperidine rings is 1. The van der Waals surface area contributed by atoms with Gasteiger partial charge in [0, 0.05) is 25.7 Å². The molecule has 2 amide bonds. The second-order valence-electron chi connectivity index (χ2n) is 4.31. The van der Waals surface area contributed by atoms with Gasteiger partial charge in [0.1, 0.15) is 5.82 Å². The molecule has 5 heteroatoms. The van der Waals surface area contributed by atoms with Crippen molar-refractivity contribution in [1.82, 2.24) is 14.7 Å². The zero-order valence-electron chi connectivity index (χ0n) is 9.81. The van der Waals surface area contributed by atoms with Gasteiger partial charge in [-0.1, -0.05) is 0 Å². The summed E-state index contributed by atoms with van der Waals surface area (Å²) in [7, 11) is 1.81. The van der Waals surface area contributed by atoms with E-state index in [0.29, 0.717) is 6.04 Å². The van der Waals surface area contributed by atoms with Crippen molar-refractivity contribution in [3.63, 3.8) is 0 Å². The molecule has 0 spiro atoms. The number of rotatable bonds is 1. The maximum Gasteiger partial charge on any atom is 0.323 e. The van der Waals surface area contributed by atoms with Crippen LogP contribution in [0.2, 0.25) is 0 Å². The van der Waals surface area contributed by atoms with E-state index in [-0.39, 0.29) is 6.03 Å². The van der Waals surface area contributed by atoms with Crippen LogP contribution >= 0.6 is 0 Å². The zero-order chi connectivity index (χ0) is 11.5. The third-order valence-corrected chi connectivity index (χ3v) is 3.12. The molecule has 0 bridgehead atoms. The van der Waals surface area contributed by atoms with Gasteiger partial charge in [0.05, 0.1) is 6.20 Å². The van der Waals surface area contributed by atoms with E-state index >= 15 is 0 Å². The van der Waals surface area contributed by atoms with Crippen molar-refractivity contribution in [2.75, 3.05) is 11.9 Å². The molecule has 5 nitrogen and oxygen atoms in total. The van der Waals surface area contributed by atoms with Gasteiger partial charge in [-0.25, -0.2) is 4.79 Å². The van der Waals surface area contributed by atoms with Gasteiger partial charge in [-0.15, -0.1) is 0 Å². The summed E-state index contributed by atoms with van der Waals surface area (Å²) >= 11 is 0. The molecule has 1 N–H and O–H groups in total. The average Bonchev–Trinajstić information content (AvgIpc) is 2.65. The second kappa shape index (κ2) is 4.55. The molecule has 1 atom stereocenters. The van der Waals surface area contributed by atoms with E-state index in [1.807, 2.05) is 11.9 Å². The Morgan fingerprint density at radius 2 is 2.38 bits per heavy atom. The van der Waals surface area contributed by atoms with Crippen molar-refractivity contribution in [2.45, 2.75) is 32.2 Å². The number of hydrogen-bond donors (Lipinski definition) is 1. The SMILES string of the molecule is CC1CCCCN1C(=O)Nc1ccnn1C. The molecule has 88 valence electrons. The third kappa shape index (κ3) is 2.18. The van der Waals surface area contributed by atoms with Gasteiger partial charge in [0.25, 0.3) is 0 Å². The number of urea groups is 1. The second-order valence-corrected chi connectivity index (χ2v) is 4.31. The number of amides is 2. The number of nitrogens with one attached hydrogen (secondary N) is 1. The summed E-state index contributed by atoms with van der Waals surface area (Å²) in [5, 5.41) is 6.90. The maximum absolute atomic E-state index is 12.0. The predicted molar refractivity (Wildman–Crippen MR) is 62.2 cm³/mol. The summed E-state index contributed by atoms with van der Waals surface area (Å²) in [5.41, 5.74) is 0. The number of carbonyl (C=O) groups excluding carboxylic acids is 1. The Labute approximate surface area is 95.4 Å². The topological polar surface area (TPSA) is 50.2 Å². The molecule has 1 aromatic heterocycles. The molecule has 2 rings (SSSR count). The molecular formula is C11H18N4O. The molecule has 0 radical (unpaired) electrons. The standard InChI is InChI=1S/C11H18N4O/c1-9-5-3-4-8-15(9)11(16)13-10-6-7-12-14(10)2/h6-7,9H,3-5,8H2,1-2H3,(H,13,16). The van der Waals surface area contributed by atoms with Crippen LogP contribution in [0.4, 0.5) is 10.6 Å². The van der Waals surface area contributed by atoms with Crippen molar-refractivity contribution >= 4 is 11.8 Å². The number of aryl methyl sites for hydroxylation is 1. The van der Waals surface area contributed by atoms with Gasteiger partial charge in [0.15, 0.2) is 0 Å². The largest absolute Gasteiger partial charge is 0.323 e. The minimum absolute atomic E-state index is 0.0178. The van der Waals surface area contributed by atoms with Crippen molar-refractivity contribution in [2.24, 2.45) is 7.05 Å². The fraction of sp³-hybridized carbons (Fsp3) is 0.636. The van der Waals surface area contributed by atoms with Crippen LogP contribution in [-0.2, 0) is 7.05 Å². The fourth-order valence-corrected chi connectivity index (χ4v) is 2.08. The number of hydrogen-bond acceptors (Lipinski definition) is 2. The Balaban J connectivity index is 2.00. The van der Waals surface area contributed by atoms with Gasteiger partial charge in [0.2, 0.25) is 0 Å². The summed E-state index contributed by atoms with van der Waals surface area (Å²) < 4.78 is 1.66. The minimum Gasteiger partial charge on any atom is -0.322 e. The lowest BCUT2D eigenvalue weighted by Gasteiger charge is -2.33. The summed E-state index contributed by atoms with van der Waals surface area (Å²) in [6.45, 7) is 2.95. The lowest BCUT2D eigenvalue weighted by molar-refractivity contribution is 0.170. The molecule has 1 aliphatic rings. The van der Waals surface area contributed by atoms with Gasteiger partial charge in [-0.2, -0.15) is 5.10 Å². The number of carbonyl (C=O) groups is 1. The van der Waals surface area contributed by atoms with Crippen LogP contribution in [0, 0.1) is 0 Å². The zero-order valence-corrected chi connectivity index (χ0v) is 9.81. The third-order valence-electron chi connectivity index (χ3n) is 3.12. The van der Waals surface area contributed by atoms with Crippen molar-refractivity contribution < 1.29 is 4.79 Å². The van der Waals surface area contributed by atoms with Crippen LogP contribution in [0.5, 0.6) is 0 Å². The molecule has 1 saturated heterocycles. The first kappa shape index (κ1) is 11.0. The van der Waals surface area contributed by atoms with Crippen molar-refractivity contribution in [3.05, 3.63) is 12.3 Å². The molecule has 16 heavy (non-hydrogen) atoms. The molecule has 1 aromatic rings. The first-order valence-corrected chi connectivity index (χ1v) is 5.74. The Kier molecular flexibility index (Phi) is 3.12. The van der Waals surface area contributed by atoms with E-state index in [2.05, 4.69) is 17.3 Å². The van der Waals surface area contributed by atoms with Crippen LogP contribution in [0.1, 0.15) is 26.2 Å². The highest BCUT2D eigenvalue weighted by Crippen LogP contribution is 2.17. The highest BCUT2D eigenvalue weighted by atomic mass is 16.2. The van der Waals surface area contributed by atoms with E-state index in [1.54, 1.807) is 16.9 Å². The highest BCUT2D eigenvalue weighted by molar-refractivity contribution is 5.88. The molecule has 2 heterocycles. The quantitative estimate of drug-likeness (QED) is 0.788. The smallest absolute Gasteiger partial charge is 0.322 e. The van der Waals surface area contributed by atoms with E-state index in [9.17, 15) is 4.79 Å². The van der Waals surface area contributed by atoms with Crippen molar-refractivity contribution in [1.29, 1.82) is 0 Å². The fourth-order valence-electron chi connectivity index (χ4n) is 2.08. The van der Waals surface area contributed by atoms with E-state index in [1.165, 1.54) is 6.42 Å². The Hall–Kier alpha value is -1.52. The minimum atomic E-state index is -0.0178. The predicted octanol–water partition coefficient (Wildman–Crippen LogP) is 1.83. The summed E-state index contributed by atoms with van der Waals surface area (Å²) in [4.78, 5) is 13.9. The highest BCUT2D eigenvalue weighted by Gasteiger charge is 2.23. The van der Waals surface area contributed by atoms with Gasteiger partial charge >= 0.3 is 6.03 Å². The summed E-state index contributed by atoms with van der Waals surface area (Å²) in [6.07, 6.45) is 5.09. The normalized spacial score (nSPS) is 20.9. The number of nitrogens with zero attached hydrogens (tertiary/aromatic N) is 3. The van der Waals surface area contributed by atoms with E-state index in [0.717, 1.165) is 25.2 Å². The van der Waals surface area contributed by atoms with Gasteiger partial charge in [-0.05, 0) is 26.2 Å². The van der Waals surface area contributed by atoms with E-state index < -0.39 is 0 Å². The first-order chi connectivity index (χ1) is 7.68. The molecule has 1 unspecified atom stereocenters. The Bertz CT molecular complexity index is 374. The molecule has 1 aliphatic heterocycles. The van der Waals surface area contributed by atoms with Crippen LogP contribution in [0.3, 0.4) is 0 Å². The number of aromatic nitrogens is 2. The van der Waals surface area contributed by atoms with Crippen LogP contribution in [0.25, 0.3) is 0 Å². The monoisotopic (exact) mass is 222 g/mol. The molecule has 0 aliphatic carbocycles. The van der Waals surface area contributed by atoms with Gasteiger partial charge < -0.3 is 4.90 Å². The molecule has 0 saturated carbocycles. The van der Waals surface area contributed by atoms with Gasteiger partial charge in [-0.3, -0.25) is 10.00 Å². The lowest BCUT2D eigenvalue weighted by Crippen LogP contribution is -2.44. The molecule has 0 aromatic carbocycles. The lowest BCUT2D eigenvalue weighted by atomic mass is 10.0. The summed E-state index contributed by atoms with van der Waals surface area (Å²) in [6, 6.07) is 2.12.